The Morgan fingerprint density at radius 1 is 1.07 bits per heavy atom. The number of methoxy groups -OCH3 is 1. The first-order valence-electron chi connectivity index (χ1n) is 4.41. The quantitative estimate of drug-likeness (QED) is 0.607. The summed E-state index contributed by atoms with van der Waals surface area (Å²) in [5.41, 5.74) is 2.33. The second kappa shape index (κ2) is 4.36. The number of aromatic nitrogens is 3. The van der Waals surface area contributed by atoms with Crippen molar-refractivity contribution in [3.05, 3.63) is 37.2 Å². The van der Waals surface area contributed by atoms with Crippen LogP contribution in [0.2, 0.25) is 0 Å². The summed E-state index contributed by atoms with van der Waals surface area (Å²) in [6, 6.07) is 5.94. The van der Waals surface area contributed by atoms with Gasteiger partial charge in [-0.25, -0.2) is 15.0 Å². The van der Waals surface area contributed by atoms with Gasteiger partial charge in [-0.05, 0) is 12.1 Å². The Bertz CT molecular complexity index is 406. The Kier molecular flexibility index (Phi) is 2.73. The number of nitrogens with zero attached hydrogens (tertiary/aromatic N) is 3. The predicted octanol–water partition coefficient (Wildman–Crippen LogP) is 1.62. The van der Waals surface area contributed by atoms with Crippen LogP contribution in [0.1, 0.15) is 0 Å². The van der Waals surface area contributed by atoms with E-state index in [9.17, 15) is 0 Å². The number of para-hydroxylation sites is 1. The van der Waals surface area contributed by atoms with Crippen molar-refractivity contribution < 1.29 is 4.74 Å². The van der Waals surface area contributed by atoms with Crippen molar-refractivity contribution >= 4 is 11.4 Å². The Morgan fingerprint density at radius 3 is 2.20 bits per heavy atom. The molecule has 0 unspecified atom stereocenters. The van der Waals surface area contributed by atoms with Gasteiger partial charge in [-0.2, -0.15) is 0 Å². The molecule has 15 heavy (non-hydrogen) atoms. The van der Waals surface area contributed by atoms with Gasteiger partial charge in [-0.15, -0.1) is 0 Å². The van der Waals surface area contributed by atoms with Gasteiger partial charge in [0, 0.05) is 0 Å². The summed E-state index contributed by atoms with van der Waals surface area (Å²) in [4.78, 5) is 10.7. The molecule has 0 radical (unpaired) electrons. The van der Waals surface area contributed by atoms with Crippen LogP contribution in [0, 0.1) is 0 Å². The Labute approximate surface area is 87.2 Å². The summed E-state index contributed by atoms with van der Waals surface area (Å²) in [5.74, 6) is 0.938. The van der Waals surface area contributed by atoms with Crippen LogP contribution in [0.15, 0.2) is 37.2 Å². The van der Waals surface area contributed by atoms with E-state index in [2.05, 4.69) is 20.3 Å². The minimum atomic E-state index is 0.938. The summed E-state index contributed by atoms with van der Waals surface area (Å²) in [5, 5.41) is 3.08. The van der Waals surface area contributed by atoms with E-state index in [1.165, 1.54) is 24.7 Å². The molecule has 0 saturated carbocycles. The third kappa shape index (κ3) is 2.40. The summed E-state index contributed by atoms with van der Waals surface area (Å²) >= 11 is 0. The first kappa shape index (κ1) is 9.39. The standard InChI is InChI=1S/C7H7NO.C3H3N3/c1-9-6-4-2-3-5-7(6)8-5;1-4-2-6-3-5-1/h2-4,8H,1H3;1-3H. The molecule has 2 aromatic rings. The summed E-state index contributed by atoms with van der Waals surface area (Å²) < 4.78 is 5.03. The number of ether oxygens (including phenoxy) is 1. The third-order valence-electron chi connectivity index (χ3n) is 1.84. The smallest absolute Gasteiger partial charge is 0.144 e. The molecule has 1 aliphatic rings. The van der Waals surface area contributed by atoms with Crippen LogP contribution in [0.25, 0.3) is 0 Å². The van der Waals surface area contributed by atoms with Crippen LogP contribution in [0.5, 0.6) is 5.75 Å². The van der Waals surface area contributed by atoms with E-state index in [0.717, 1.165) is 11.4 Å². The van der Waals surface area contributed by atoms with Gasteiger partial charge >= 0.3 is 0 Å². The van der Waals surface area contributed by atoms with Crippen LogP contribution in [0.4, 0.5) is 11.4 Å². The van der Waals surface area contributed by atoms with Gasteiger partial charge in [0.05, 0.1) is 12.8 Å². The van der Waals surface area contributed by atoms with Crippen LogP contribution in [0.3, 0.4) is 0 Å². The lowest BCUT2D eigenvalue weighted by atomic mass is 10.3. The van der Waals surface area contributed by atoms with E-state index in [1.54, 1.807) is 7.11 Å². The number of rotatable bonds is 1. The third-order valence-corrected chi connectivity index (χ3v) is 1.84. The molecule has 3 rings (SSSR count). The highest BCUT2D eigenvalue weighted by molar-refractivity contribution is 5.94. The van der Waals surface area contributed by atoms with Gasteiger partial charge in [0.25, 0.3) is 0 Å². The first-order valence-corrected chi connectivity index (χ1v) is 4.41. The lowest BCUT2D eigenvalue weighted by Gasteiger charge is -1.92. The second-order valence-electron chi connectivity index (χ2n) is 2.80. The lowest BCUT2D eigenvalue weighted by molar-refractivity contribution is 0.418. The molecule has 76 valence electrons. The molecule has 2 heterocycles. The zero-order valence-corrected chi connectivity index (χ0v) is 8.21. The summed E-state index contributed by atoms with van der Waals surface area (Å²) in [6.07, 6.45) is 4.31. The van der Waals surface area contributed by atoms with E-state index in [1.807, 2.05) is 18.2 Å². The molecular formula is C10H10N4O. The molecule has 5 heteroatoms. The number of hydrogen-bond acceptors (Lipinski definition) is 5. The number of benzene rings is 1. The molecule has 0 amide bonds. The maximum absolute atomic E-state index is 5.03. The lowest BCUT2D eigenvalue weighted by Crippen LogP contribution is -1.77. The minimum Gasteiger partial charge on any atom is -0.494 e. The van der Waals surface area contributed by atoms with Crippen molar-refractivity contribution in [2.24, 2.45) is 0 Å². The molecule has 1 aromatic carbocycles. The molecule has 0 aliphatic carbocycles. The van der Waals surface area contributed by atoms with Gasteiger partial charge in [-0.1, -0.05) is 6.07 Å². The molecule has 0 spiro atoms. The van der Waals surface area contributed by atoms with Crippen LogP contribution in [-0.2, 0) is 0 Å². The van der Waals surface area contributed by atoms with Crippen molar-refractivity contribution in [2.45, 2.75) is 0 Å². The van der Waals surface area contributed by atoms with Crippen molar-refractivity contribution in [2.75, 3.05) is 12.4 Å². The minimum absolute atomic E-state index is 0.938. The maximum Gasteiger partial charge on any atom is 0.144 e. The maximum atomic E-state index is 5.03. The first-order chi connectivity index (χ1) is 7.42. The van der Waals surface area contributed by atoms with Crippen LogP contribution in [-0.4, -0.2) is 22.1 Å². The highest BCUT2D eigenvalue weighted by Gasteiger charge is 2.19. The van der Waals surface area contributed by atoms with Gasteiger partial charge in [0.15, 0.2) is 0 Å². The monoisotopic (exact) mass is 202 g/mol. The number of nitrogens with one attached hydrogen (secondary N) is 1. The normalized spacial score (nSPS) is 10.2. The molecule has 0 atom stereocenters. The number of hydrogen-bond donors (Lipinski definition) is 1. The SMILES string of the molecule is COc1cccc2c1N2.c1ncncn1. The zero-order chi connectivity index (χ0) is 10.5. The van der Waals surface area contributed by atoms with Gasteiger partial charge in [-0.3, -0.25) is 0 Å². The second-order valence-corrected chi connectivity index (χ2v) is 2.80. The Morgan fingerprint density at radius 2 is 1.73 bits per heavy atom. The average molecular weight is 202 g/mol. The molecule has 1 aliphatic heterocycles. The topological polar surface area (TPSA) is 69.8 Å². The fraction of sp³-hybridized carbons (Fsp3) is 0.100. The molecule has 0 saturated heterocycles. The van der Waals surface area contributed by atoms with Crippen molar-refractivity contribution in [3.63, 3.8) is 0 Å². The van der Waals surface area contributed by atoms with E-state index in [4.69, 9.17) is 4.74 Å². The van der Waals surface area contributed by atoms with Gasteiger partial charge in [0.2, 0.25) is 0 Å². The average Bonchev–Trinajstić information content (AvgIpc) is 3.11. The molecule has 0 fully saturated rings. The zero-order valence-electron chi connectivity index (χ0n) is 8.21. The molecular weight excluding hydrogens is 192 g/mol. The van der Waals surface area contributed by atoms with Crippen molar-refractivity contribution in [1.82, 2.24) is 15.0 Å². The fourth-order valence-electron chi connectivity index (χ4n) is 1.11. The molecule has 5 nitrogen and oxygen atoms in total. The van der Waals surface area contributed by atoms with Gasteiger partial charge < -0.3 is 10.1 Å². The number of fused-ring (bicyclic) bond motifs is 1. The van der Waals surface area contributed by atoms with E-state index in [0.29, 0.717) is 0 Å². The predicted molar refractivity (Wildman–Crippen MR) is 56.1 cm³/mol. The molecule has 0 bridgehead atoms. The largest absolute Gasteiger partial charge is 0.494 e. The Balaban J connectivity index is 0.000000124. The van der Waals surface area contributed by atoms with E-state index < -0.39 is 0 Å². The van der Waals surface area contributed by atoms with Crippen molar-refractivity contribution in [1.29, 1.82) is 0 Å². The highest BCUT2D eigenvalue weighted by Crippen LogP contribution is 2.45. The van der Waals surface area contributed by atoms with E-state index >= 15 is 0 Å². The van der Waals surface area contributed by atoms with Gasteiger partial charge in [0.1, 0.15) is 30.4 Å². The Hall–Kier alpha value is -2.17. The molecule has 1 aromatic heterocycles. The summed E-state index contributed by atoms with van der Waals surface area (Å²) in [6.45, 7) is 0. The van der Waals surface area contributed by atoms with Crippen molar-refractivity contribution in [3.8, 4) is 5.75 Å². The highest BCUT2D eigenvalue weighted by atomic mass is 16.5. The van der Waals surface area contributed by atoms with Crippen LogP contribution >= 0.6 is 0 Å². The number of anilines is 2. The molecule has 1 N–H and O–H groups in total. The summed E-state index contributed by atoms with van der Waals surface area (Å²) in [7, 11) is 1.68. The van der Waals surface area contributed by atoms with Crippen LogP contribution < -0.4 is 10.1 Å². The van der Waals surface area contributed by atoms with E-state index in [-0.39, 0.29) is 0 Å². The fourth-order valence-corrected chi connectivity index (χ4v) is 1.11.